The SMILES string of the molecule is CC1(C)c2ccc3c4ccccc4n(-c4nc(-c5ccccc5)c5ccccc5n4)c3c2-c2cccc3cccc1c23. The Kier molecular flexibility index (Phi) is 4.67. The molecule has 1 aliphatic rings. The molecule has 6 aromatic carbocycles. The van der Waals surface area contributed by atoms with Crippen molar-refractivity contribution in [1.82, 2.24) is 14.5 Å². The van der Waals surface area contributed by atoms with Crippen molar-refractivity contribution in [2.75, 3.05) is 0 Å². The number of rotatable bonds is 2. The Morgan fingerprint density at radius 1 is 0.571 bits per heavy atom. The monoisotopic (exact) mass is 537 g/mol. The van der Waals surface area contributed by atoms with E-state index >= 15 is 0 Å². The maximum Gasteiger partial charge on any atom is 0.235 e. The number of fused-ring (bicyclic) bond motifs is 7. The highest BCUT2D eigenvalue weighted by molar-refractivity contribution is 6.18. The van der Waals surface area contributed by atoms with Crippen LogP contribution in [0.1, 0.15) is 25.0 Å². The third kappa shape index (κ3) is 3.05. The molecule has 1 aliphatic carbocycles. The van der Waals surface area contributed by atoms with Crippen molar-refractivity contribution < 1.29 is 0 Å². The molecule has 198 valence electrons. The smallest absolute Gasteiger partial charge is 0.235 e. The van der Waals surface area contributed by atoms with Crippen molar-refractivity contribution >= 4 is 43.5 Å². The van der Waals surface area contributed by atoms with Crippen LogP contribution in [0.3, 0.4) is 0 Å². The van der Waals surface area contributed by atoms with Crippen LogP contribution in [0.2, 0.25) is 0 Å². The quantitative estimate of drug-likeness (QED) is 0.220. The van der Waals surface area contributed by atoms with Gasteiger partial charge in [0.05, 0.1) is 22.2 Å². The first-order chi connectivity index (χ1) is 20.6. The van der Waals surface area contributed by atoms with Gasteiger partial charge in [-0.05, 0) is 39.6 Å². The van der Waals surface area contributed by atoms with Crippen molar-refractivity contribution in [1.29, 1.82) is 0 Å². The van der Waals surface area contributed by atoms with E-state index in [-0.39, 0.29) is 5.41 Å². The summed E-state index contributed by atoms with van der Waals surface area (Å²) in [5, 5.41) is 6.09. The largest absolute Gasteiger partial charge is 0.277 e. The molecule has 3 nitrogen and oxygen atoms in total. The maximum absolute atomic E-state index is 5.34. The molecule has 42 heavy (non-hydrogen) atoms. The molecule has 0 aliphatic heterocycles. The lowest BCUT2D eigenvalue weighted by molar-refractivity contribution is 0.646. The zero-order valence-corrected chi connectivity index (χ0v) is 23.5. The minimum atomic E-state index is -0.169. The van der Waals surface area contributed by atoms with Gasteiger partial charge >= 0.3 is 0 Å². The summed E-state index contributed by atoms with van der Waals surface area (Å²) in [6, 6.07) is 45.5. The molecule has 0 saturated carbocycles. The zero-order chi connectivity index (χ0) is 28.0. The van der Waals surface area contributed by atoms with Crippen molar-refractivity contribution in [3.05, 3.63) is 139 Å². The first-order valence-electron chi connectivity index (χ1n) is 14.5. The Bertz CT molecular complexity index is 2370. The van der Waals surface area contributed by atoms with Crippen LogP contribution in [-0.4, -0.2) is 14.5 Å². The molecule has 8 aromatic rings. The van der Waals surface area contributed by atoms with Crippen LogP contribution < -0.4 is 0 Å². The molecule has 0 spiro atoms. The van der Waals surface area contributed by atoms with Gasteiger partial charge in [0, 0.05) is 32.7 Å². The van der Waals surface area contributed by atoms with Crippen molar-refractivity contribution in [2.45, 2.75) is 19.3 Å². The summed E-state index contributed by atoms with van der Waals surface area (Å²) in [7, 11) is 0. The van der Waals surface area contributed by atoms with E-state index in [4.69, 9.17) is 9.97 Å². The van der Waals surface area contributed by atoms with E-state index in [0.717, 1.165) is 33.2 Å². The molecule has 0 bridgehead atoms. The van der Waals surface area contributed by atoms with E-state index < -0.39 is 0 Å². The molecule has 0 N–H and O–H groups in total. The number of hydrogen-bond acceptors (Lipinski definition) is 2. The summed E-state index contributed by atoms with van der Waals surface area (Å²) in [5.74, 6) is 0.691. The van der Waals surface area contributed by atoms with Gasteiger partial charge < -0.3 is 0 Å². The molecule has 0 amide bonds. The van der Waals surface area contributed by atoms with Gasteiger partial charge in [-0.15, -0.1) is 0 Å². The zero-order valence-electron chi connectivity index (χ0n) is 23.5. The summed E-state index contributed by atoms with van der Waals surface area (Å²) in [4.78, 5) is 10.6. The molecule has 2 aromatic heterocycles. The molecule has 0 saturated heterocycles. The average molecular weight is 538 g/mol. The van der Waals surface area contributed by atoms with Gasteiger partial charge in [-0.3, -0.25) is 4.57 Å². The van der Waals surface area contributed by atoms with Crippen LogP contribution >= 0.6 is 0 Å². The molecule has 0 fully saturated rings. The Balaban J connectivity index is 1.49. The van der Waals surface area contributed by atoms with Crippen LogP contribution in [0.5, 0.6) is 0 Å². The van der Waals surface area contributed by atoms with Gasteiger partial charge in [-0.2, -0.15) is 0 Å². The molecule has 0 atom stereocenters. The molecule has 2 heterocycles. The standard InChI is InChI=1S/C39H27N3/c1-39(2)30-19-11-15-24-14-10-18-29(34(24)30)35-31(39)23-22-27-26-16-7-9-21-33(26)42(37(27)35)38-40-32-20-8-6-17-28(32)36(41-38)25-12-4-3-5-13-25/h3-23H,1-2H3. The maximum atomic E-state index is 5.34. The van der Waals surface area contributed by atoms with E-state index in [1.165, 1.54) is 43.8 Å². The van der Waals surface area contributed by atoms with E-state index in [2.05, 4.69) is 140 Å². The van der Waals surface area contributed by atoms with Crippen LogP contribution in [-0.2, 0) is 5.41 Å². The van der Waals surface area contributed by atoms with Crippen LogP contribution in [0.4, 0.5) is 0 Å². The Morgan fingerprint density at radius 3 is 2.17 bits per heavy atom. The van der Waals surface area contributed by atoms with Crippen molar-refractivity contribution in [3.63, 3.8) is 0 Å². The van der Waals surface area contributed by atoms with Gasteiger partial charge in [0.25, 0.3) is 0 Å². The fourth-order valence-electron chi connectivity index (χ4n) is 7.25. The second-order valence-corrected chi connectivity index (χ2v) is 11.8. The Hall–Kier alpha value is -5.28. The second kappa shape index (κ2) is 8.37. The van der Waals surface area contributed by atoms with E-state index in [0.29, 0.717) is 5.95 Å². The Morgan fingerprint density at radius 2 is 1.31 bits per heavy atom. The number of nitrogens with zero attached hydrogens (tertiary/aromatic N) is 3. The minimum Gasteiger partial charge on any atom is -0.277 e. The second-order valence-electron chi connectivity index (χ2n) is 11.8. The number of para-hydroxylation sites is 2. The Labute approximate surface area is 243 Å². The van der Waals surface area contributed by atoms with Gasteiger partial charge in [-0.25, -0.2) is 9.97 Å². The fraction of sp³-hybridized carbons (Fsp3) is 0.0769. The summed E-state index contributed by atoms with van der Waals surface area (Å²) in [5.41, 5.74) is 10.3. The molecule has 0 radical (unpaired) electrons. The van der Waals surface area contributed by atoms with Crippen LogP contribution in [0.25, 0.3) is 71.8 Å². The summed E-state index contributed by atoms with van der Waals surface area (Å²) in [6.45, 7) is 4.71. The van der Waals surface area contributed by atoms with Gasteiger partial charge in [0.15, 0.2) is 0 Å². The highest BCUT2D eigenvalue weighted by atomic mass is 15.2. The highest BCUT2D eigenvalue weighted by Gasteiger charge is 2.35. The highest BCUT2D eigenvalue weighted by Crippen LogP contribution is 2.52. The first-order valence-corrected chi connectivity index (χ1v) is 14.5. The van der Waals surface area contributed by atoms with E-state index in [1.807, 2.05) is 6.07 Å². The topological polar surface area (TPSA) is 30.7 Å². The predicted octanol–water partition coefficient (Wildman–Crippen LogP) is 9.85. The molecular weight excluding hydrogens is 510 g/mol. The lowest BCUT2D eigenvalue weighted by Gasteiger charge is -2.35. The van der Waals surface area contributed by atoms with Crippen LogP contribution in [0.15, 0.2) is 127 Å². The third-order valence-corrected chi connectivity index (χ3v) is 9.20. The first kappa shape index (κ1) is 23.4. The van der Waals surface area contributed by atoms with Crippen molar-refractivity contribution in [2.24, 2.45) is 0 Å². The number of aromatic nitrogens is 3. The number of benzene rings is 6. The van der Waals surface area contributed by atoms with Crippen LogP contribution in [0, 0.1) is 0 Å². The summed E-state index contributed by atoms with van der Waals surface area (Å²) < 4.78 is 2.31. The van der Waals surface area contributed by atoms with E-state index in [1.54, 1.807) is 0 Å². The summed E-state index contributed by atoms with van der Waals surface area (Å²) >= 11 is 0. The molecule has 0 unspecified atom stereocenters. The molecular formula is C39H27N3. The minimum absolute atomic E-state index is 0.169. The van der Waals surface area contributed by atoms with Gasteiger partial charge in [0.2, 0.25) is 5.95 Å². The predicted molar refractivity (Wildman–Crippen MR) is 174 cm³/mol. The molecule has 3 heteroatoms. The summed E-state index contributed by atoms with van der Waals surface area (Å²) in [6.07, 6.45) is 0. The fourth-order valence-corrected chi connectivity index (χ4v) is 7.25. The average Bonchev–Trinajstić information content (AvgIpc) is 3.38. The number of hydrogen-bond donors (Lipinski definition) is 0. The van der Waals surface area contributed by atoms with E-state index in [9.17, 15) is 0 Å². The third-order valence-electron chi connectivity index (χ3n) is 9.20. The lowest BCUT2D eigenvalue weighted by atomic mass is 9.68. The molecule has 9 rings (SSSR count). The van der Waals surface area contributed by atoms with Gasteiger partial charge in [-0.1, -0.05) is 129 Å². The van der Waals surface area contributed by atoms with Crippen molar-refractivity contribution in [3.8, 4) is 28.3 Å². The van der Waals surface area contributed by atoms with Gasteiger partial charge in [0.1, 0.15) is 0 Å². The lowest BCUT2D eigenvalue weighted by Crippen LogP contribution is -2.24. The normalized spacial score (nSPS) is 13.7.